The van der Waals surface area contributed by atoms with Crippen molar-refractivity contribution in [3.05, 3.63) is 23.8 Å². The molecule has 152 valence electrons. The van der Waals surface area contributed by atoms with Crippen molar-refractivity contribution in [2.45, 2.75) is 78.1 Å². The Morgan fingerprint density at radius 3 is 2.30 bits per heavy atom. The Morgan fingerprint density at radius 2 is 1.67 bits per heavy atom. The molecule has 1 amide bonds. The van der Waals surface area contributed by atoms with Gasteiger partial charge in [-0.25, -0.2) is 5.43 Å². The van der Waals surface area contributed by atoms with Crippen molar-refractivity contribution in [3.63, 3.8) is 0 Å². The van der Waals surface area contributed by atoms with Crippen molar-refractivity contribution >= 4 is 12.1 Å². The Morgan fingerprint density at radius 1 is 1.00 bits per heavy atom. The minimum atomic E-state index is -0.0351. The van der Waals surface area contributed by atoms with Crippen molar-refractivity contribution in [1.82, 2.24) is 5.43 Å². The van der Waals surface area contributed by atoms with Crippen molar-refractivity contribution < 1.29 is 14.3 Å². The molecule has 27 heavy (non-hydrogen) atoms. The van der Waals surface area contributed by atoms with Gasteiger partial charge in [-0.1, -0.05) is 58.3 Å². The molecule has 5 heteroatoms. The maximum atomic E-state index is 11.8. The molecule has 1 aromatic carbocycles. The van der Waals surface area contributed by atoms with Crippen LogP contribution in [0, 0.1) is 0 Å². The first-order valence-electron chi connectivity index (χ1n) is 10.3. The number of benzene rings is 1. The number of hydrazone groups is 1. The number of carbonyl (C=O) groups excluding carboxylic acids is 1. The van der Waals surface area contributed by atoms with Crippen LogP contribution in [0.25, 0.3) is 0 Å². The third-order valence-electron chi connectivity index (χ3n) is 4.40. The molecule has 0 atom stereocenters. The van der Waals surface area contributed by atoms with Gasteiger partial charge in [0.05, 0.1) is 19.9 Å². The van der Waals surface area contributed by atoms with E-state index in [1.54, 1.807) is 13.3 Å². The van der Waals surface area contributed by atoms with Crippen LogP contribution in [0.4, 0.5) is 0 Å². The van der Waals surface area contributed by atoms with Crippen LogP contribution < -0.4 is 14.9 Å². The van der Waals surface area contributed by atoms with Gasteiger partial charge in [-0.2, -0.15) is 5.10 Å². The van der Waals surface area contributed by atoms with Crippen LogP contribution in [0.1, 0.15) is 83.6 Å². The van der Waals surface area contributed by atoms with E-state index in [0.29, 0.717) is 24.5 Å². The molecule has 5 nitrogen and oxygen atoms in total. The lowest BCUT2D eigenvalue weighted by atomic mass is 10.1. The first-order chi connectivity index (χ1) is 13.2. The highest BCUT2D eigenvalue weighted by Gasteiger charge is 2.04. The predicted molar refractivity (Wildman–Crippen MR) is 112 cm³/mol. The summed E-state index contributed by atoms with van der Waals surface area (Å²) in [5.41, 5.74) is 3.44. The number of nitrogens with one attached hydrogen (secondary N) is 1. The van der Waals surface area contributed by atoms with E-state index in [9.17, 15) is 4.79 Å². The van der Waals surface area contributed by atoms with Gasteiger partial charge >= 0.3 is 0 Å². The molecule has 0 heterocycles. The number of amides is 1. The van der Waals surface area contributed by atoms with Gasteiger partial charge in [0.1, 0.15) is 0 Å². The molecule has 0 fully saturated rings. The van der Waals surface area contributed by atoms with Crippen molar-refractivity contribution in [2.75, 3.05) is 13.7 Å². The lowest BCUT2D eigenvalue weighted by molar-refractivity contribution is -0.121. The Labute approximate surface area is 164 Å². The largest absolute Gasteiger partial charge is 0.493 e. The van der Waals surface area contributed by atoms with Gasteiger partial charge in [0.2, 0.25) is 5.91 Å². The van der Waals surface area contributed by atoms with Gasteiger partial charge in [-0.05, 0) is 37.1 Å². The summed E-state index contributed by atoms with van der Waals surface area (Å²) in [6.07, 6.45) is 13.4. The molecule has 0 bridgehead atoms. The zero-order valence-electron chi connectivity index (χ0n) is 17.3. The van der Waals surface area contributed by atoms with Crippen molar-refractivity contribution in [3.8, 4) is 11.5 Å². The van der Waals surface area contributed by atoms with E-state index in [1.807, 2.05) is 25.1 Å². The fraction of sp³-hybridized carbons (Fsp3) is 0.636. The highest BCUT2D eigenvalue weighted by Crippen LogP contribution is 2.27. The van der Waals surface area contributed by atoms with Crippen LogP contribution in [0.2, 0.25) is 0 Å². The van der Waals surface area contributed by atoms with Gasteiger partial charge in [0.25, 0.3) is 0 Å². The average Bonchev–Trinajstić information content (AvgIpc) is 2.68. The maximum absolute atomic E-state index is 11.8. The van der Waals surface area contributed by atoms with Crippen LogP contribution in [0.15, 0.2) is 23.3 Å². The van der Waals surface area contributed by atoms with Crippen LogP contribution in [0.5, 0.6) is 11.5 Å². The molecule has 0 unspecified atom stereocenters. The van der Waals surface area contributed by atoms with E-state index < -0.39 is 0 Å². The van der Waals surface area contributed by atoms with Crippen molar-refractivity contribution in [2.24, 2.45) is 5.10 Å². The molecule has 1 aromatic rings. The monoisotopic (exact) mass is 376 g/mol. The third-order valence-corrected chi connectivity index (χ3v) is 4.40. The molecule has 0 saturated heterocycles. The number of hydrogen-bond donors (Lipinski definition) is 1. The lowest BCUT2D eigenvalue weighted by Gasteiger charge is -2.09. The van der Waals surface area contributed by atoms with Crippen molar-refractivity contribution in [1.29, 1.82) is 0 Å². The summed E-state index contributed by atoms with van der Waals surface area (Å²) in [5.74, 6) is 1.32. The minimum Gasteiger partial charge on any atom is -0.493 e. The number of carbonyl (C=O) groups is 1. The molecule has 0 aliphatic heterocycles. The van der Waals surface area contributed by atoms with E-state index in [2.05, 4.69) is 17.5 Å². The summed E-state index contributed by atoms with van der Waals surface area (Å²) in [4.78, 5) is 11.8. The van der Waals surface area contributed by atoms with Crippen LogP contribution in [0.3, 0.4) is 0 Å². The summed E-state index contributed by atoms with van der Waals surface area (Å²) in [6, 6.07) is 5.55. The van der Waals surface area contributed by atoms with Gasteiger partial charge in [0, 0.05) is 6.42 Å². The molecule has 0 radical (unpaired) electrons. The number of rotatable bonds is 15. The van der Waals surface area contributed by atoms with Gasteiger partial charge in [0.15, 0.2) is 11.5 Å². The number of hydrogen-bond acceptors (Lipinski definition) is 4. The molecule has 1 N–H and O–H groups in total. The highest BCUT2D eigenvalue weighted by molar-refractivity contribution is 5.83. The van der Waals surface area contributed by atoms with Gasteiger partial charge in [-0.15, -0.1) is 0 Å². The average molecular weight is 377 g/mol. The molecule has 0 aromatic heterocycles. The fourth-order valence-corrected chi connectivity index (χ4v) is 2.87. The predicted octanol–water partition coefficient (Wildman–Crippen LogP) is 5.46. The second kappa shape index (κ2) is 15.1. The molecule has 0 spiro atoms. The standard InChI is InChI=1S/C22H36N2O3/c1-4-6-7-8-9-10-11-12-13-14-22(25)24-23-18-19-15-16-20(27-5-2)21(17-19)26-3/h15-18H,4-14H2,1-3H3,(H,24,25). The third kappa shape index (κ3) is 10.6. The van der Waals surface area contributed by atoms with Crippen LogP contribution in [-0.4, -0.2) is 25.8 Å². The SMILES string of the molecule is CCCCCCCCCCCC(=O)NN=Cc1ccc(OCC)c(OC)c1. The van der Waals surface area contributed by atoms with Gasteiger partial charge < -0.3 is 9.47 Å². The van der Waals surface area contributed by atoms with E-state index in [4.69, 9.17) is 9.47 Å². The topological polar surface area (TPSA) is 59.9 Å². The second-order valence-corrected chi connectivity index (χ2v) is 6.71. The Balaban J connectivity index is 2.19. The molecule has 0 aliphatic carbocycles. The number of nitrogens with zero attached hydrogens (tertiary/aromatic N) is 1. The Hall–Kier alpha value is -2.04. The zero-order chi connectivity index (χ0) is 19.7. The molecule has 1 rings (SSSR count). The Kier molecular flexibility index (Phi) is 12.8. The Bertz CT molecular complexity index is 558. The number of unbranched alkanes of at least 4 members (excludes halogenated alkanes) is 8. The quantitative estimate of drug-likeness (QED) is 0.251. The molecule has 0 aliphatic rings. The summed E-state index contributed by atoms with van der Waals surface area (Å²) in [6.45, 7) is 4.75. The summed E-state index contributed by atoms with van der Waals surface area (Å²) >= 11 is 0. The van der Waals surface area contributed by atoms with E-state index >= 15 is 0 Å². The number of ether oxygens (including phenoxy) is 2. The van der Waals surface area contributed by atoms with E-state index in [1.165, 1.54) is 44.9 Å². The molecular formula is C22H36N2O3. The fourth-order valence-electron chi connectivity index (χ4n) is 2.87. The van der Waals surface area contributed by atoms with Gasteiger partial charge in [-0.3, -0.25) is 4.79 Å². The lowest BCUT2D eigenvalue weighted by Crippen LogP contribution is -2.16. The smallest absolute Gasteiger partial charge is 0.240 e. The maximum Gasteiger partial charge on any atom is 0.240 e. The van der Waals surface area contributed by atoms with E-state index in [0.717, 1.165) is 18.4 Å². The second-order valence-electron chi connectivity index (χ2n) is 6.71. The zero-order valence-corrected chi connectivity index (χ0v) is 17.3. The minimum absolute atomic E-state index is 0.0351. The molecule has 0 saturated carbocycles. The molecular weight excluding hydrogens is 340 g/mol. The summed E-state index contributed by atoms with van der Waals surface area (Å²) < 4.78 is 10.8. The number of methoxy groups -OCH3 is 1. The first kappa shape index (κ1) is 23.0. The first-order valence-corrected chi connectivity index (χ1v) is 10.3. The van der Waals surface area contributed by atoms with E-state index in [-0.39, 0.29) is 5.91 Å². The van der Waals surface area contributed by atoms with Crippen LogP contribution >= 0.6 is 0 Å². The van der Waals surface area contributed by atoms with Crippen LogP contribution in [-0.2, 0) is 4.79 Å². The summed E-state index contributed by atoms with van der Waals surface area (Å²) in [7, 11) is 1.60. The normalized spacial score (nSPS) is 10.9. The summed E-state index contributed by atoms with van der Waals surface area (Å²) in [5, 5.41) is 4.03. The highest BCUT2D eigenvalue weighted by atomic mass is 16.5.